The number of hydrogen-bond acceptors (Lipinski definition) is 3. The second-order valence-corrected chi connectivity index (χ2v) is 4.70. The third-order valence-electron chi connectivity index (χ3n) is 3.07. The van der Waals surface area contributed by atoms with Crippen LogP contribution in [0.15, 0.2) is 42.5 Å². The lowest BCUT2D eigenvalue weighted by atomic mass is 10.1. The van der Waals surface area contributed by atoms with Crippen LogP contribution in [-0.4, -0.2) is 4.92 Å². The third kappa shape index (κ3) is 3.12. The van der Waals surface area contributed by atoms with Crippen molar-refractivity contribution in [2.24, 2.45) is 0 Å². The normalized spacial score (nSPS) is 11.9. The number of nitrogens with one attached hydrogen (secondary N) is 1. The number of nitro benzene ring substituents is 1. The van der Waals surface area contributed by atoms with E-state index in [-0.39, 0.29) is 11.7 Å². The largest absolute Gasteiger partial charge is 0.373 e. The Balaban J connectivity index is 2.28. The van der Waals surface area contributed by atoms with Gasteiger partial charge in [-0.05, 0) is 31.5 Å². The molecule has 0 bridgehead atoms. The lowest BCUT2D eigenvalue weighted by molar-refractivity contribution is -0.384. The summed E-state index contributed by atoms with van der Waals surface area (Å²) in [6, 6.07) is 11.3. The molecule has 1 N–H and O–H groups in total. The smallest absolute Gasteiger partial charge is 0.295 e. The molecule has 104 valence electrons. The van der Waals surface area contributed by atoms with E-state index in [0.29, 0.717) is 5.69 Å². The van der Waals surface area contributed by atoms with E-state index < -0.39 is 10.7 Å². The SMILES string of the molecule is Cc1cccc(C(C)Nc2ccc(F)cc2[N+](=O)[O-])c1. The molecule has 2 aromatic rings. The summed E-state index contributed by atoms with van der Waals surface area (Å²) in [7, 11) is 0. The molecule has 0 amide bonds. The number of nitrogens with zero attached hydrogens (tertiary/aromatic N) is 1. The average Bonchev–Trinajstić information content (AvgIpc) is 2.40. The lowest BCUT2D eigenvalue weighted by Gasteiger charge is -2.16. The van der Waals surface area contributed by atoms with Crippen molar-refractivity contribution < 1.29 is 9.31 Å². The average molecular weight is 274 g/mol. The number of halogens is 1. The first-order valence-electron chi connectivity index (χ1n) is 6.24. The van der Waals surface area contributed by atoms with Gasteiger partial charge >= 0.3 is 0 Å². The van der Waals surface area contributed by atoms with Crippen LogP contribution in [-0.2, 0) is 0 Å². The van der Waals surface area contributed by atoms with Gasteiger partial charge in [0.25, 0.3) is 5.69 Å². The number of anilines is 1. The molecule has 0 saturated heterocycles. The number of benzene rings is 2. The predicted octanol–water partition coefficient (Wildman–Crippen LogP) is 4.22. The van der Waals surface area contributed by atoms with Gasteiger partial charge in [-0.1, -0.05) is 29.8 Å². The molecule has 2 aromatic carbocycles. The zero-order chi connectivity index (χ0) is 14.7. The van der Waals surface area contributed by atoms with Gasteiger partial charge in [0.15, 0.2) is 0 Å². The zero-order valence-corrected chi connectivity index (χ0v) is 11.3. The monoisotopic (exact) mass is 274 g/mol. The van der Waals surface area contributed by atoms with Crippen molar-refractivity contribution in [3.63, 3.8) is 0 Å². The molecule has 0 aliphatic rings. The van der Waals surface area contributed by atoms with E-state index in [1.54, 1.807) is 0 Å². The van der Waals surface area contributed by atoms with E-state index >= 15 is 0 Å². The number of aryl methyl sites for hydroxylation is 1. The Hall–Kier alpha value is -2.43. The first kappa shape index (κ1) is 14.0. The van der Waals surface area contributed by atoms with Crippen LogP contribution in [0.5, 0.6) is 0 Å². The van der Waals surface area contributed by atoms with Gasteiger partial charge in [-0.25, -0.2) is 4.39 Å². The van der Waals surface area contributed by atoms with Crippen LogP contribution in [0.3, 0.4) is 0 Å². The molecule has 4 nitrogen and oxygen atoms in total. The Morgan fingerprint density at radius 2 is 2.00 bits per heavy atom. The molecule has 0 heterocycles. The molecular formula is C15H15FN2O2. The molecule has 20 heavy (non-hydrogen) atoms. The standard InChI is InChI=1S/C15H15FN2O2/c1-10-4-3-5-12(8-10)11(2)17-14-7-6-13(16)9-15(14)18(19)20/h3-9,11,17H,1-2H3. The quantitative estimate of drug-likeness (QED) is 0.671. The predicted molar refractivity (Wildman–Crippen MR) is 76.3 cm³/mol. The maximum Gasteiger partial charge on any atom is 0.295 e. The molecule has 0 spiro atoms. The molecular weight excluding hydrogens is 259 g/mol. The number of nitro groups is 1. The number of hydrogen-bond donors (Lipinski definition) is 1. The minimum Gasteiger partial charge on any atom is -0.373 e. The molecule has 2 rings (SSSR count). The molecule has 0 aliphatic heterocycles. The highest BCUT2D eigenvalue weighted by Crippen LogP contribution is 2.28. The highest BCUT2D eigenvalue weighted by atomic mass is 19.1. The minimum absolute atomic E-state index is 0.112. The van der Waals surface area contributed by atoms with Crippen LogP contribution >= 0.6 is 0 Å². The summed E-state index contributed by atoms with van der Waals surface area (Å²) < 4.78 is 13.1. The first-order chi connectivity index (χ1) is 9.47. The summed E-state index contributed by atoms with van der Waals surface area (Å²) in [5.74, 6) is -0.620. The zero-order valence-electron chi connectivity index (χ0n) is 11.3. The first-order valence-corrected chi connectivity index (χ1v) is 6.24. The molecule has 1 unspecified atom stereocenters. The van der Waals surface area contributed by atoms with Crippen molar-refractivity contribution >= 4 is 11.4 Å². The van der Waals surface area contributed by atoms with Gasteiger partial charge < -0.3 is 5.32 Å². The van der Waals surface area contributed by atoms with E-state index in [1.165, 1.54) is 12.1 Å². The van der Waals surface area contributed by atoms with Gasteiger partial charge in [0.1, 0.15) is 11.5 Å². The second kappa shape index (κ2) is 5.69. The maximum absolute atomic E-state index is 13.1. The highest BCUT2D eigenvalue weighted by molar-refractivity contribution is 5.62. The number of rotatable bonds is 4. The second-order valence-electron chi connectivity index (χ2n) is 4.70. The maximum atomic E-state index is 13.1. The summed E-state index contributed by atoms with van der Waals surface area (Å²) in [5, 5.41) is 14.0. The van der Waals surface area contributed by atoms with Crippen molar-refractivity contribution in [2.45, 2.75) is 19.9 Å². The summed E-state index contributed by atoms with van der Waals surface area (Å²) >= 11 is 0. The molecule has 0 saturated carbocycles. The summed E-state index contributed by atoms with van der Waals surface area (Å²) in [6.45, 7) is 3.89. The van der Waals surface area contributed by atoms with E-state index in [2.05, 4.69) is 5.32 Å². The Labute approximate surface area is 116 Å². The molecule has 0 radical (unpaired) electrons. The van der Waals surface area contributed by atoms with Crippen LogP contribution < -0.4 is 5.32 Å². The minimum atomic E-state index is -0.620. The third-order valence-corrected chi connectivity index (χ3v) is 3.07. The van der Waals surface area contributed by atoms with Gasteiger partial charge in [0, 0.05) is 6.04 Å². The van der Waals surface area contributed by atoms with Crippen molar-refractivity contribution in [2.75, 3.05) is 5.32 Å². The van der Waals surface area contributed by atoms with Gasteiger partial charge in [-0.2, -0.15) is 0 Å². The molecule has 5 heteroatoms. The van der Waals surface area contributed by atoms with Crippen LogP contribution in [0.2, 0.25) is 0 Å². The van der Waals surface area contributed by atoms with E-state index in [1.807, 2.05) is 38.1 Å². The Kier molecular flexibility index (Phi) is 3.98. The fraction of sp³-hybridized carbons (Fsp3) is 0.200. The Morgan fingerprint density at radius 3 is 2.65 bits per heavy atom. The lowest BCUT2D eigenvalue weighted by Crippen LogP contribution is -2.08. The summed E-state index contributed by atoms with van der Waals surface area (Å²) in [5.41, 5.74) is 2.18. The fourth-order valence-corrected chi connectivity index (χ4v) is 2.03. The van der Waals surface area contributed by atoms with Crippen molar-refractivity contribution in [1.82, 2.24) is 0 Å². The van der Waals surface area contributed by atoms with Crippen LogP contribution in [0.1, 0.15) is 24.1 Å². The molecule has 0 fully saturated rings. The van der Waals surface area contributed by atoms with Crippen LogP contribution in [0.4, 0.5) is 15.8 Å². The van der Waals surface area contributed by atoms with Crippen molar-refractivity contribution in [1.29, 1.82) is 0 Å². The van der Waals surface area contributed by atoms with Gasteiger partial charge in [0.05, 0.1) is 11.0 Å². The van der Waals surface area contributed by atoms with E-state index in [4.69, 9.17) is 0 Å². The van der Waals surface area contributed by atoms with Crippen molar-refractivity contribution in [3.05, 3.63) is 69.5 Å². The summed E-state index contributed by atoms with van der Waals surface area (Å²) in [4.78, 5) is 10.4. The fourth-order valence-electron chi connectivity index (χ4n) is 2.03. The Bertz CT molecular complexity index is 644. The van der Waals surface area contributed by atoms with Gasteiger partial charge in [-0.3, -0.25) is 10.1 Å². The van der Waals surface area contributed by atoms with Gasteiger partial charge in [-0.15, -0.1) is 0 Å². The van der Waals surface area contributed by atoms with E-state index in [0.717, 1.165) is 17.2 Å². The Morgan fingerprint density at radius 1 is 1.25 bits per heavy atom. The van der Waals surface area contributed by atoms with Crippen LogP contribution in [0, 0.1) is 22.9 Å². The van der Waals surface area contributed by atoms with Crippen LogP contribution in [0.25, 0.3) is 0 Å². The summed E-state index contributed by atoms with van der Waals surface area (Å²) in [6.07, 6.45) is 0. The topological polar surface area (TPSA) is 55.2 Å². The van der Waals surface area contributed by atoms with E-state index in [9.17, 15) is 14.5 Å². The highest BCUT2D eigenvalue weighted by Gasteiger charge is 2.17. The molecule has 0 aliphatic carbocycles. The van der Waals surface area contributed by atoms with Gasteiger partial charge in [0.2, 0.25) is 0 Å². The van der Waals surface area contributed by atoms with Crippen molar-refractivity contribution in [3.8, 4) is 0 Å². The molecule has 0 aromatic heterocycles. The molecule has 1 atom stereocenters.